The van der Waals surface area contributed by atoms with Gasteiger partial charge in [-0.2, -0.15) is 5.26 Å². The lowest BCUT2D eigenvalue weighted by molar-refractivity contribution is -0.126. The maximum atomic E-state index is 12.2. The van der Waals surface area contributed by atoms with Crippen LogP contribution in [0.25, 0.3) is 10.8 Å². The van der Waals surface area contributed by atoms with Crippen molar-refractivity contribution >= 4 is 28.1 Å². The molecule has 3 aliphatic heterocycles. The highest BCUT2D eigenvalue weighted by atomic mass is 16.5. The van der Waals surface area contributed by atoms with Gasteiger partial charge >= 0.3 is 0 Å². The van der Waals surface area contributed by atoms with Crippen molar-refractivity contribution < 1.29 is 9.53 Å². The van der Waals surface area contributed by atoms with Crippen molar-refractivity contribution in [3.05, 3.63) is 71.9 Å². The molecule has 0 N–H and O–H groups in total. The average molecular weight is 537 g/mol. The van der Waals surface area contributed by atoms with Crippen LogP contribution in [0.5, 0.6) is 5.88 Å². The van der Waals surface area contributed by atoms with E-state index < -0.39 is 0 Å². The molecule has 1 atom stereocenters. The highest BCUT2D eigenvalue weighted by molar-refractivity contribution is 5.94. The summed E-state index contributed by atoms with van der Waals surface area (Å²) < 4.78 is 6.37. The van der Waals surface area contributed by atoms with Gasteiger partial charge in [0.05, 0.1) is 17.9 Å². The molecular formula is C32H36N6O2. The number of carbonyl (C=O) groups excluding carboxylic acids is 1. The van der Waals surface area contributed by atoms with Gasteiger partial charge in [0, 0.05) is 55.4 Å². The second-order valence-electron chi connectivity index (χ2n) is 11.0. The summed E-state index contributed by atoms with van der Waals surface area (Å²) in [5.74, 6) is 0.383. The van der Waals surface area contributed by atoms with Gasteiger partial charge in [-0.15, -0.1) is 0 Å². The van der Waals surface area contributed by atoms with Crippen LogP contribution in [0.4, 0.5) is 11.4 Å². The Morgan fingerprint density at radius 3 is 2.65 bits per heavy atom. The molecular weight excluding hydrogens is 500 g/mol. The summed E-state index contributed by atoms with van der Waals surface area (Å²) in [6, 6.07) is 17.7. The van der Waals surface area contributed by atoms with Crippen molar-refractivity contribution in [1.82, 2.24) is 14.8 Å². The van der Waals surface area contributed by atoms with Gasteiger partial charge < -0.3 is 24.3 Å². The zero-order valence-electron chi connectivity index (χ0n) is 23.2. The van der Waals surface area contributed by atoms with Crippen molar-refractivity contribution in [3.8, 4) is 11.9 Å². The molecule has 6 rings (SSSR count). The van der Waals surface area contributed by atoms with Gasteiger partial charge in [-0.3, -0.25) is 4.79 Å². The molecule has 2 aromatic carbocycles. The molecule has 40 heavy (non-hydrogen) atoms. The van der Waals surface area contributed by atoms with E-state index in [9.17, 15) is 10.1 Å². The van der Waals surface area contributed by atoms with E-state index in [0.717, 1.165) is 49.3 Å². The highest BCUT2D eigenvalue weighted by Crippen LogP contribution is 2.39. The molecule has 8 nitrogen and oxygen atoms in total. The van der Waals surface area contributed by atoms with Crippen molar-refractivity contribution in [3.63, 3.8) is 0 Å². The fraction of sp³-hybridized carbons (Fsp3) is 0.406. The summed E-state index contributed by atoms with van der Waals surface area (Å²) in [5.41, 5.74) is 4.74. The Morgan fingerprint density at radius 1 is 1.10 bits per heavy atom. The molecule has 3 aliphatic rings. The topological polar surface area (TPSA) is 75.9 Å². The third-order valence-electron chi connectivity index (χ3n) is 8.68. The van der Waals surface area contributed by atoms with E-state index in [-0.39, 0.29) is 5.91 Å². The lowest BCUT2D eigenvalue weighted by Gasteiger charge is -2.39. The standard InChI is InChI=1S/C32H36N6O2/c1-3-30(39)36-16-18-37(19-17-36)31-26-13-15-38(29-12-6-9-23-8-4-5-11-25(23)29)21-28(26)34-32(27(31)20-33)40-22-24-10-7-14-35(24)2/h3-6,8-9,11-12,24H,1,7,10,13-19,21-22H2,2H3. The van der Waals surface area contributed by atoms with E-state index in [4.69, 9.17) is 9.72 Å². The molecule has 0 bridgehead atoms. The Morgan fingerprint density at radius 2 is 1.90 bits per heavy atom. The van der Waals surface area contributed by atoms with E-state index in [1.807, 2.05) is 4.90 Å². The predicted octanol–water partition coefficient (Wildman–Crippen LogP) is 3.98. The lowest BCUT2D eigenvalue weighted by Crippen LogP contribution is -2.49. The van der Waals surface area contributed by atoms with Gasteiger partial charge in [-0.25, -0.2) is 4.98 Å². The number of likely N-dealkylation sites (tertiary alicyclic amines) is 1. The fourth-order valence-corrected chi connectivity index (χ4v) is 6.42. The van der Waals surface area contributed by atoms with Gasteiger partial charge in [0.15, 0.2) is 0 Å². The number of ether oxygens (including phenoxy) is 1. The molecule has 1 aromatic heterocycles. The molecule has 8 heteroatoms. The summed E-state index contributed by atoms with van der Waals surface area (Å²) in [6.07, 6.45) is 4.40. The Balaban J connectivity index is 1.36. The van der Waals surface area contributed by atoms with E-state index >= 15 is 0 Å². The summed E-state index contributed by atoms with van der Waals surface area (Å²) in [4.78, 5) is 26.0. The maximum absolute atomic E-state index is 12.2. The quantitative estimate of drug-likeness (QED) is 0.441. The first-order chi connectivity index (χ1) is 19.6. The number of pyridine rings is 1. The van der Waals surface area contributed by atoms with Gasteiger partial charge in [-0.1, -0.05) is 43.0 Å². The van der Waals surface area contributed by atoms with Crippen molar-refractivity contribution in [2.75, 3.05) is 62.7 Å². The average Bonchev–Trinajstić information content (AvgIpc) is 3.42. The first-order valence-corrected chi connectivity index (χ1v) is 14.2. The lowest BCUT2D eigenvalue weighted by atomic mass is 9.97. The molecule has 1 amide bonds. The number of nitrogens with zero attached hydrogens (tertiary/aromatic N) is 6. The summed E-state index contributed by atoms with van der Waals surface area (Å²) in [7, 11) is 2.13. The molecule has 0 aliphatic carbocycles. The van der Waals surface area contributed by atoms with Gasteiger partial charge in [-0.05, 0) is 50.4 Å². The number of rotatable bonds is 6. The second-order valence-corrected chi connectivity index (χ2v) is 11.0. The van der Waals surface area contributed by atoms with Crippen LogP contribution < -0.4 is 14.5 Å². The first kappa shape index (κ1) is 26.1. The number of hydrogen-bond acceptors (Lipinski definition) is 7. The number of carbonyl (C=O) groups is 1. The van der Waals surface area contributed by atoms with E-state index in [1.54, 1.807) is 0 Å². The van der Waals surface area contributed by atoms with E-state index in [2.05, 4.69) is 76.9 Å². The van der Waals surface area contributed by atoms with Crippen LogP contribution in [0.2, 0.25) is 0 Å². The minimum atomic E-state index is -0.0488. The van der Waals surface area contributed by atoms with Crippen LogP contribution in [0.3, 0.4) is 0 Å². The zero-order chi connectivity index (χ0) is 27.6. The monoisotopic (exact) mass is 536 g/mol. The van der Waals surface area contributed by atoms with E-state index in [0.29, 0.717) is 56.8 Å². The van der Waals surface area contributed by atoms with Crippen LogP contribution in [0.15, 0.2) is 55.1 Å². The Bertz CT molecular complexity index is 1470. The normalized spacial score (nSPS) is 19.4. The highest BCUT2D eigenvalue weighted by Gasteiger charge is 2.32. The smallest absolute Gasteiger partial charge is 0.246 e. The van der Waals surface area contributed by atoms with E-state index in [1.165, 1.54) is 22.5 Å². The summed E-state index contributed by atoms with van der Waals surface area (Å²) in [6.45, 7) is 9.21. The minimum absolute atomic E-state index is 0.0488. The Hall–Kier alpha value is -4.09. The number of fused-ring (bicyclic) bond motifs is 2. The van der Waals surface area contributed by atoms with Gasteiger partial charge in [0.1, 0.15) is 18.2 Å². The van der Waals surface area contributed by atoms with Gasteiger partial charge in [0.25, 0.3) is 0 Å². The SMILES string of the molecule is C=CC(=O)N1CCN(c2c(C#N)c(OCC3CCCN3C)nc3c2CCN(c2cccc4ccccc24)C3)CC1. The van der Waals surface area contributed by atoms with Gasteiger partial charge in [0.2, 0.25) is 11.8 Å². The number of nitriles is 1. The molecule has 1 unspecified atom stereocenters. The van der Waals surface area contributed by atoms with Crippen molar-refractivity contribution in [2.24, 2.45) is 0 Å². The zero-order valence-corrected chi connectivity index (χ0v) is 23.2. The molecule has 2 fully saturated rings. The van der Waals surface area contributed by atoms with Crippen molar-refractivity contribution in [2.45, 2.75) is 31.8 Å². The molecule has 2 saturated heterocycles. The number of benzene rings is 2. The fourth-order valence-electron chi connectivity index (χ4n) is 6.42. The largest absolute Gasteiger partial charge is 0.475 e. The Kier molecular flexibility index (Phi) is 7.31. The molecule has 3 aromatic rings. The summed E-state index contributed by atoms with van der Waals surface area (Å²) >= 11 is 0. The van der Waals surface area contributed by atoms with Crippen LogP contribution in [-0.2, 0) is 17.8 Å². The minimum Gasteiger partial charge on any atom is -0.475 e. The second kappa shape index (κ2) is 11.2. The van der Waals surface area contributed by atoms with Crippen LogP contribution >= 0.6 is 0 Å². The van der Waals surface area contributed by atoms with Crippen LogP contribution in [0.1, 0.15) is 29.7 Å². The number of likely N-dealkylation sites (N-methyl/N-ethyl adjacent to an activating group) is 1. The van der Waals surface area contributed by atoms with Crippen LogP contribution in [0, 0.1) is 11.3 Å². The third-order valence-corrected chi connectivity index (χ3v) is 8.68. The molecule has 4 heterocycles. The number of anilines is 2. The molecule has 0 saturated carbocycles. The molecule has 0 spiro atoms. The van der Waals surface area contributed by atoms with Crippen LogP contribution in [-0.4, -0.2) is 79.7 Å². The Labute approximate surface area is 236 Å². The predicted molar refractivity (Wildman–Crippen MR) is 158 cm³/mol. The van der Waals surface area contributed by atoms with Crippen molar-refractivity contribution in [1.29, 1.82) is 5.26 Å². The number of aromatic nitrogens is 1. The first-order valence-electron chi connectivity index (χ1n) is 14.2. The maximum Gasteiger partial charge on any atom is 0.246 e. The molecule has 0 radical (unpaired) electrons. The third kappa shape index (κ3) is 4.86. The molecule has 206 valence electrons. The number of amides is 1. The summed E-state index contributed by atoms with van der Waals surface area (Å²) in [5, 5.41) is 12.9. The number of piperazine rings is 1. The number of hydrogen-bond donors (Lipinski definition) is 0.